The average molecular weight is 442 g/mol. The smallest absolute Gasteiger partial charge is 0.246 e. The second-order valence-electron chi connectivity index (χ2n) is 8.13. The molecule has 0 bridgehead atoms. The highest BCUT2D eigenvalue weighted by Crippen LogP contribution is 2.29. The maximum atomic E-state index is 13.0. The van der Waals surface area contributed by atoms with Crippen LogP contribution in [0.3, 0.4) is 0 Å². The number of imidazole rings is 1. The molecule has 160 valence electrons. The third-order valence-corrected chi connectivity index (χ3v) is 6.35. The van der Waals surface area contributed by atoms with Crippen LogP contribution in [0.4, 0.5) is 0 Å². The fourth-order valence-corrected chi connectivity index (χ4v) is 4.58. The number of aromatic nitrogens is 2. The summed E-state index contributed by atoms with van der Waals surface area (Å²) in [7, 11) is 0. The highest BCUT2D eigenvalue weighted by molar-refractivity contribution is 6.30. The Balaban J connectivity index is 1.38. The van der Waals surface area contributed by atoms with Crippen molar-refractivity contribution in [3.05, 3.63) is 101 Å². The predicted molar refractivity (Wildman–Crippen MR) is 130 cm³/mol. The number of benzene rings is 2. The van der Waals surface area contributed by atoms with Gasteiger partial charge in [-0.3, -0.25) is 9.20 Å². The van der Waals surface area contributed by atoms with Crippen molar-refractivity contribution in [2.24, 2.45) is 0 Å². The molecule has 32 heavy (non-hydrogen) atoms. The number of hydrogen-bond acceptors (Lipinski definition) is 2. The summed E-state index contributed by atoms with van der Waals surface area (Å²) in [5.41, 5.74) is 4.85. The van der Waals surface area contributed by atoms with E-state index < -0.39 is 0 Å². The minimum Gasteiger partial charge on any atom is -0.339 e. The summed E-state index contributed by atoms with van der Waals surface area (Å²) < 4.78 is 1.94. The van der Waals surface area contributed by atoms with Crippen LogP contribution in [0.25, 0.3) is 23.0 Å². The van der Waals surface area contributed by atoms with E-state index in [4.69, 9.17) is 16.6 Å². The van der Waals surface area contributed by atoms with Crippen molar-refractivity contribution in [3.63, 3.8) is 0 Å². The monoisotopic (exact) mass is 441 g/mol. The highest BCUT2D eigenvalue weighted by atomic mass is 35.5. The number of amides is 1. The fraction of sp³-hybridized carbons (Fsp3) is 0.185. The lowest BCUT2D eigenvalue weighted by atomic mass is 9.89. The Hall–Kier alpha value is -3.37. The number of carbonyl (C=O) groups excluding carboxylic acids is 1. The van der Waals surface area contributed by atoms with Gasteiger partial charge in [-0.2, -0.15) is 0 Å². The van der Waals surface area contributed by atoms with Crippen molar-refractivity contribution in [2.75, 3.05) is 13.1 Å². The Morgan fingerprint density at radius 1 is 0.938 bits per heavy atom. The predicted octanol–water partition coefficient (Wildman–Crippen LogP) is 6.07. The fourth-order valence-electron chi connectivity index (χ4n) is 4.42. The topological polar surface area (TPSA) is 37.6 Å². The van der Waals surface area contributed by atoms with Gasteiger partial charge < -0.3 is 4.90 Å². The molecule has 0 spiro atoms. The molecular weight excluding hydrogens is 418 g/mol. The molecule has 0 aliphatic carbocycles. The summed E-state index contributed by atoms with van der Waals surface area (Å²) in [6, 6.07) is 24.3. The minimum absolute atomic E-state index is 0.0347. The SMILES string of the molecule is O=C(C=Cc1c(-c2ccccc2)nc2ccc(Cl)cn12)N1CCC(c2ccccc2)CC1. The Morgan fingerprint density at radius 3 is 2.34 bits per heavy atom. The van der Waals surface area contributed by atoms with Crippen molar-refractivity contribution in [1.82, 2.24) is 14.3 Å². The van der Waals surface area contributed by atoms with E-state index in [0.717, 1.165) is 48.5 Å². The molecule has 0 N–H and O–H groups in total. The van der Waals surface area contributed by atoms with Crippen LogP contribution in [0.15, 0.2) is 85.1 Å². The van der Waals surface area contributed by atoms with Crippen molar-refractivity contribution in [1.29, 1.82) is 0 Å². The molecule has 3 heterocycles. The van der Waals surface area contributed by atoms with Crippen LogP contribution in [-0.4, -0.2) is 33.3 Å². The van der Waals surface area contributed by atoms with E-state index in [1.54, 1.807) is 6.08 Å². The second-order valence-corrected chi connectivity index (χ2v) is 8.57. The number of fused-ring (bicyclic) bond motifs is 1. The number of likely N-dealkylation sites (tertiary alicyclic amines) is 1. The van der Waals surface area contributed by atoms with Gasteiger partial charge in [-0.15, -0.1) is 0 Å². The lowest BCUT2D eigenvalue weighted by Crippen LogP contribution is -2.36. The van der Waals surface area contributed by atoms with E-state index >= 15 is 0 Å². The number of rotatable bonds is 4. The van der Waals surface area contributed by atoms with E-state index in [2.05, 4.69) is 24.3 Å². The second kappa shape index (κ2) is 9.01. The first-order valence-electron chi connectivity index (χ1n) is 10.9. The molecule has 0 unspecified atom stereocenters. The molecule has 1 aliphatic rings. The van der Waals surface area contributed by atoms with E-state index in [1.165, 1.54) is 5.56 Å². The molecule has 2 aromatic carbocycles. The summed E-state index contributed by atoms with van der Waals surface area (Å²) in [6.45, 7) is 1.54. The summed E-state index contributed by atoms with van der Waals surface area (Å²) in [4.78, 5) is 19.7. The van der Waals surface area contributed by atoms with Crippen LogP contribution >= 0.6 is 11.6 Å². The molecule has 4 aromatic rings. The quantitative estimate of drug-likeness (QED) is 0.360. The van der Waals surface area contributed by atoms with Gasteiger partial charge in [0.05, 0.1) is 16.4 Å². The standard InChI is InChI=1S/C27H24ClN3O/c28-23-11-13-25-29-27(22-9-5-2-6-10-22)24(31(25)19-23)12-14-26(32)30-17-15-21(16-18-30)20-7-3-1-4-8-20/h1-14,19,21H,15-18H2. The number of hydrogen-bond donors (Lipinski definition) is 0. The number of pyridine rings is 1. The number of halogens is 1. The average Bonchev–Trinajstić information content (AvgIpc) is 3.21. The highest BCUT2D eigenvalue weighted by Gasteiger charge is 2.22. The molecule has 1 saturated heterocycles. The van der Waals surface area contributed by atoms with Crippen LogP contribution in [0.2, 0.25) is 5.02 Å². The van der Waals surface area contributed by atoms with Crippen molar-refractivity contribution in [2.45, 2.75) is 18.8 Å². The first-order chi connectivity index (χ1) is 15.7. The molecule has 5 heteroatoms. The van der Waals surface area contributed by atoms with Crippen molar-refractivity contribution in [3.8, 4) is 11.3 Å². The zero-order valence-corrected chi connectivity index (χ0v) is 18.4. The maximum Gasteiger partial charge on any atom is 0.246 e. The van der Waals surface area contributed by atoms with Crippen molar-refractivity contribution < 1.29 is 4.79 Å². The van der Waals surface area contributed by atoms with Gasteiger partial charge in [-0.1, -0.05) is 72.3 Å². The van der Waals surface area contributed by atoms with E-state index in [0.29, 0.717) is 10.9 Å². The summed E-state index contributed by atoms with van der Waals surface area (Å²) in [5, 5.41) is 0.624. The molecule has 0 atom stereocenters. The van der Waals surface area contributed by atoms with Crippen LogP contribution in [0.1, 0.15) is 30.0 Å². The van der Waals surface area contributed by atoms with E-state index in [1.807, 2.05) is 70.1 Å². The third-order valence-electron chi connectivity index (χ3n) is 6.13. The molecule has 0 radical (unpaired) electrons. The number of carbonyl (C=O) groups is 1. The normalized spacial score (nSPS) is 15.0. The molecule has 2 aromatic heterocycles. The van der Waals surface area contributed by atoms with Crippen LogP contribution in [0, 0.1) is 0 Å². The van der Waals surface area contributed by atoms with Gasteiger partial charge in [-0.05, 0) is 42.5 Å². The summed E-state index contributed by atoms with van der Waals surface area (Å²) in [6.07, 6.45) is 7.35. The van der Waals surface area contributed by atoms with Gasteiger partial charge in [-0.25, -0.2) is 4.98 Å². The van der Waals surface area contributed by atoms with E-state index in [9.17, 15) is 4.79 Å². The Kier molecular flexibility index (Phi) is 5.78. The van der Waals surface area contributed by atoms with Crippen molar-refractivity contribution >= 4 is 29.2 Å². The Labute approximate surface area is 192 Å². The molecule has 5 rings (SSSR count). The van der Waals surface area contributed by atoms with Gasteiger partial charge in [0.1, 0.15) is 5.65 Å². The Morgan fingerprint density at radius 2 is 1.62 bits per heavy atom. The summed E-state index contributed by atoms with van der Waals surface area (Å²) >= 11 is 6.25. The third kappa shape index (κ3) is 4.19. The molecular formula is C27H24ClN3O. The van der Waals surface area contributed by atoms with Crippen LogP contribution < -0.4 is 0 Å². The lowest BCUT2D eigenvalue weighted by Gasteiger charge is -2.31. The van der Waals surface area contributed by atoms with Crippen LogP contribution in [0.5, 0.6) is 0 Å². The number of nitrogens with zero attached hydrogens (tertiary/aromatic N) is 3. The van der Waals surface area contributed by atoms with Gasteiger partial charge >= 0.3 is 0 Å². The molecule has 1 fully saturated rings. The van der Waals surface area contributed by atoms with Gasteiger partial charge in [0, 0.05) is 30.9 Å². The first kappa shape index (κ1) is 20.5. The van der Waals surface area contributed by atoms with Crippen LogP contribution in [-0.2, 0) is 4.79 Å². The maximum absolute atomic E-state index is 13.0. The molecule has 0 saturated carbocycles. The van der Waals surface area contributed by atoms with Gasteiger partial charge in [0.25, 0.3) is 0 Å². The minimum atomic E-state index is 0.0347. The largest absolute Gasteiger partial charge is 0.339 e. The first-order valence-corrected chi connectivity index (χ1v) is 11.3. The van der Waals surface area contributed by atoms with E-state index in [-0.39, 0.29) is 5.91 Å². The molecule has 1 amide bonds. The van der Waals surface area contributed by atoms with Gasteiger partial charge in [0.2, 0.25) is 5.91 Å². The summed E-state index contributed by atoms with van der Waals surface area (Å²) in [5.74, 6) is 0.558. The molecule has 4 nitrogen and oxygen atoms in total. The Bertz CT molecular complexity index is 1260. The zero-order chi connectivity index (χ0) is 21.9. The zero-order valence-electron chi connectivity index (χ0n) is 17.7. The molecule has 1 aliphatic heterocycles. The number of piperidine rings is 1. The lowest BCUT2D eigenvalue weighted by molar-refractivity contribution is -0.126. The van der Waals surface area contributed by atoms with Gasteiger partial charge in [0.15, 0.2) is 0 Å².